The summed E-state index contributed by atoms with van der Waals surface area (Å²) in [6, 6.07) is 3.36. The van der Waals surface area contributed by atoms with E-state index in [0.29, 0.717) is 18.7 Å². The van der Waals surface area contributed by atoms with Gasteiger partial charge in [-0.2, -0.15) is 0 Å². The van der Waals surface area contributed by atoms with E-state index in [1.807, 2.05) is 0 Å². The molecule has 0 amide bonds. The number of anilines is 1. The molecule has 0 saturated heterocycles. The number of rotatable bonds is 4. The third-order valence-electron chi connectivity index (χ3n) is 2.69. The Morgan fingerprint density at radius 3 is 2.48 bits per heavy atom. The molecule has 1 N–H and O–H groups in total. The Hall–Kier alpha value is -2.64. The van der Waals surface area contributed by atoms with Crippen LogP contribution in [0.3, 0.4) is 0 Å². The number of aromatic nitrogens is 1. The van der Waals surface area contributed by atoms with Gasteiger partial charge < -0.3 is 5.32 Å². The lowest BCUT2D eigenvalue weighted by molar-refractivity contribution is -0.384. The van der Waals surface area contributed by atoms with Crippen LogP contribution in [0.2, 0.25) is 0 Å². The van der Waals surface area contributed by atoms with Crippen molar-refractivity contribution in [3.8, 4) is 11.3 Å². The summed E-state index contributed by atoms with van der Waals surface area (Å²) in [5.74, 6) is -3.54. The summed E-state index contributed by atoms with van der Waals surface area (Å²) in [5.41, 5.74) is -1.34. The molecule has 2 aromatic rings. The first kappa shape index (κ1) is 14.8. The number of hydrogen-bond donors (Lipinski definition) is 1. The second kappa shape index (κ2) is 5.78. The molecule has 0 saturated carbocycles. The van der Waals surface area contributed by atoms with Crippen molar-refractivity contribution in [2.75, 3.05) is 11.9 Å². The SMILES string of the molecule is CCNc1ccc([N+](=O)[O-])c(-c2cc(F)c(F)cc2F)n1. The van der Waals surface area contributed by atoms with E-state index in [4.69, 9.17) is 0 Å². The van der Waals surface area contributed by atoms with E-state index < -0.39 is 33.6 Å². The fourth-order valence-electron chi connectivity index (χ4n) is 1.78. The third-order valence-corrected chi connectivity index (χ3v) is 2.69. The van der Waals surface area contributed by atoms with Gasteiger partial charge in [-0.05, 0) is 19.1 Å². The summed E-state index contributed by atoms with van der Waals surface area (Å²) in [5, 5.41) is 13.8. The molecule has 8 heteroatoms. The Labute approximate surface area is 117 Å². The van der Waals surface area contributed by atoms with E-state index >= 15 is 0 Å². The van der Waals surface area contributed by atoms with Gasteiger partial charge in [0.1, 0.15) is 11.6 Å². The predicted molar refractivity (Wildman–Crippen MR) is 70.4 cm³/mol. The zero-order valence-corrected chi connectivity index (χ0v) is 10.9. The Kier molecular flexibility index (Phi) is 4.06. The standard InChI is InChI=1S/C13H10F3N3O2/c1-2-17-12-4-3-11(19(20)21)13(18-12)7-5-9(15)10(16)6-8(7)14/h3-6H,2H2,1H3,(H,17,18). The summed E-state index contributed by atoms with van der Waals surface area (Å²) < 4.78 is 40.0. The van der Waals surface area contributed by atoms with Crippen LogP contribution in [0.5, 0.6) is 0 Å². The Morgan fingerprint density at radius 1 is 1.19 bits per heavy atom. The maximum absolute atomic E-state index is 13.8. The highest BCUT2D eigenvalue weighted by Gasteiger charge is 2.22. The summed E-state index contributed by atoms with van der Waals surface area (Å²) >= 11 is 0. The Bertz CT molecular complexity index is 707. The number of pyridine rings is 1. The smallest absolute Gasteiger partial charge is 0.295 e. The number of benzene rings is 1. The van der Waals surface area contributed by atoms with Crippen molar-refractivity contribution in [3.63, 3.8) is 0 Å². The average Bonchev–Trinajstić information content (AvgIpc) is 2.43. The summed E-state index contributed by atoms with van der Waals surface area (Å²) in [4.78, 5) is 14.1. The molecule has 21 heavy (non-hydrogen) atoms. The monoisotopic (exact) mass is 297 g/mol. The molecular weight excluding hydrogens is 287 g/mol. The van der Waals surface area contributed by atoms with E-state index in [-0.39, 0.29) is 11.5 Å². The molecule has 1 aromatic carbocycles. The van der Waals surface area contributed by atoms with Crippen molar-refractivity contribution in [1.29, 1.82) is 0 Å². The van der Waals surface area contributed by atoms with Crippen LogP contribution in [0, 0.1) is 27.6 Å². The minimum absolute atomic E-state index is 0.266. The van der Waals surface area contributed by atoms with Gasteiger partial charge in [0.25, 0.3) is 5.69 Å². The van der Waals surface area contributed by atoms with E-state index in [1.54, 1.807) is 6.92 Å². The van der Waals surface area contributed by atoms with Crippen LogP contribution in [0.4, 0.5) is 24.7 Å². The molecule has 1 aromatic heterocycles. The fraction of sp³-hybridized carbons (Fsp3) is 0.154. The van der Waals surface area contributed by atoms with Gasteiger partial charge in [-0.25, -0.2) is 18.2 Å². The van der Waals surface area contributed by atoms with Crippen molar-refractivity contribution in [1.82, 2.24) is 4.98 Å². The zero-order chi connectivity index (χ0) is 15.6. The van der Waals surface area contributed by atoms with E-state index in [1.165, 1.54) is 6.07 Å². The fourth-order valence-corrected chi connectivity index (χ4v) is 1.78. The van der Waals surface area contributed by atoms with Crippen molar-refractivity contribution in [2.45, 2.75) is 6.92 Å². The molecule has 0 atom stereocenters. The molecular formula is C13H10F3N3O2. The summed E-state index contributed by atoms with van der Waals surface area (Å²) in [6.07, 6.45) is 0. The van der Waals surface area contributed by atoms with E-state index in [9.17, 15) is 23.3 Å². The van der Waals surface area contributed by atoms with Crippen molar-refractivity contribution in [3.05, 3.63) is 51.8 Å². The van der Waals surface area contributed by atoms with Crippen LogP contribution in [0.15, 0.2) is 24.3 Å². The first-order valence-corrected chi connectivity index (χ1v) is 5.98. The minimum atomic E-state index is -1.37. The van der Waals surface area contributed by atoms with Gasteiger partial charge in [-0.1, -0.05) is 0 Å². The van der Waals surface area contributed by atoms with Crippen LogP contribution in [0.25, 0.3) is 11.3 Å². The highest BCUT2D eigenvalue weighted by Crippen LogP contribution is 2.32. The number of hydrogen-bond acceptors (Lipinski definition) is 4. The van der Waals surface area contributed by atoms with Crippen molar-refractivity contribution in [2.24, 2.45) is 0 Å². The van der Waals surface area contributed by atoms with Gasteiger partial charge in [-0.3, -0.25) is 10.1 Å². The zero-order valence-electron chi connectivity index (χ0n) is 10.9. The van der Waals surface area contributed by atoms with Gasteiger partial charge in [0.2, 0.25) is 0 Å². The molecule has 110 valence electrons. The average molecular weight is 297 g/mol. The molecule has 5 nitrogen and oxygen atoms in total. The van der Waals surface area contributed by atoms with E-state index in [0.717, 1.165) is 6.07 Å². The number of nitrogens with one attached hydrogen (secondary N) is 1. The second-order valence-electron chi connectivity index (χ2n) is 4.10. The second-order valence-corrected chi connectivity index (χ2v) is 4.10. The maximum atomic E-state index is 13.8. The number of nitro groups is 1. The number of nitrogens with zero attached hydrogens (tertiary/aromatic N) is 2. The van der Waals surface area contributed by atoms with Crippen LogP contribution in [-0.2, 0) is 0 Å². The van der Waals surface area contributed by atoms with Crippen LogP contribution >= 0.6 is 0 Å². The van der Waals surface area contributed by atoms with Crippen LogP contribution in [-0.4, -0.2) is 16.5 Å². The molecule has 0 radical (unpaired) electrons. The van der Waals surface area contributed by atoms with Gasteiger partial charge in [0.05, 0.1) is 4.92 Å². The molecule has 2 rings (SSSR count). The van der Waals surface area contributed by atoms with E-state index in [2.05, 4.69) is 10.3 Å². The minimum Gasteiger partial charge on any atom is -0.370 e. The molecule has 0 bridgehead atoms. The highest BCUT2D eigenvalue weighted by atomic mass is 19.2. The van der Waals surface area contributed by atoms with Gasteiger partial charge in [0.15, 0.2) is 17.3 Å². The topological polar surface area (TPSA) is 68.1 Å². The lowest BCUT2D eigenvalue weighted by Gasteiger charge is -2.08. The van der Waals surface area contributed by atoms with Gasteiger partial charge in [0, 0.05) is 24.2 Å². The summed E-state index contributed by atoms with van der Waals surface area (Å²) in [7, 11) is 0. The van der Waals surface area contributed by atoms with Crippen molar-refractivity contribution < 1.29 is 18.1 Å². The molecule has 0 aliphatic heterocycles. The van der Waals surface area contributed by atoms with Crippen molar-refractivity contribution >= 4 is 11.5 Å². The quantitative estimate of drug-likeness (QED) is 0.532. The molecule has 0 aliphatic carbocycles. The molecule has 0 aliphatic rings. The van der Waals surface area contributed by atoms with Gasteiger partial charge in [-0.15, -0.1) is 0 Å². The highest BCUT2D eigenvalue weighted by molar-refractivity contribution is 5.72. The van der Waals surface area contributed by atoms with Gasteiger partial charge >= 0.3 is 0 Å². The van der Waals surface area contributed by atoms with Crippen LogP contribution in [0.1, 0.15) is 6.92 Å². The predicted octanol–water partition coefficient (Wildman–Crippen LogP) is 3.51. The Balaban J connectivity index is 2.68. The normalized spacial score (nSPS) is 10.5. The maximum Gasteiger partial charge on any atom is 0.295 e. The Morgan fingerprint density at radius 2 is 1.86 bits per heavy atom. The van der Waals surface area contributed by atoms with Crippen LogP contribution < -0.4 is 5.32 Å². The molecule has 1 heterocycles. The lowest BCUT2D eigenvalue weighted by atomic mass is 10.1. The molecule has 0 fully saturated rings. The largest absolute Gasteiger partial charge is 0.370 e. The summed E-state index contributed by atoms with van der Waals surface area (Å²) in [6.45, 7) is 2.27. The lowest BCUT2D eigenvalue weighted by Crippen LogP contribution is -2.03. The first-order chi connectivity index (χ1) is 9.93. The number of halogens is 3. The third kappa shape index (κ3) is 2.93. The first-order valence-electron chi connectivity index (χ1n) is 5.98. The molecule has 0 spiro atoms. The molecule has 0 unspecified atom stereocenters.